The van der Waals surface area contributed by atoms with E-state index in [0.29, 0.717) is 25.6 Å². The van der Waals surface area contributed by atoms with Crippen molar-refractivity contribution in [1.29, 1.82) is 0 Å². The lowest BCUT2D eigenvalue weighted by molar-refractivity contribution is 0.203. The Morgan fingerprint density at radius 3 is 2.52 bits per heavy atom. The average Bonchev–Trinajstić information content (AvgIpc) is 2.44. The second-order valence-electron chi connectivity index (χ2n) is 5.24. The number of rotatable bonds is 7. The molecular weight excluding hydrogens is 292 g/mol. The molecule has 124 valence electrons. The van der Waals surface area contributed by atoms with Gasteiger partial charge in [-0.15, -0.1) is 0 Å². The summed E-state index contributed by atoms with van der Waals surface area (Å²) in [6.45, 7) is 6.12. The fourth-order valence-electron chi connectivity index (χ4n) is 2.26. The monoisotopic (exact) mass is 320 g/mol. The first-order valence-corrected chi connectivity index (χ1v) is 9.28. The first-order chi connectivity index (χ1) is 9.97. The van der Waals surface area contributed by atoms with E-state index < -0.39 is 10.0 Å². The highest BCUT2D eigenvalue weighted by molar-refractivity contribution is 7.88. The summed E-state index contributed by atoms with van der Waals surface area (Å²) in [6.07, 6.45) is 3.01. The molecule has 0 aromatic carbocycles. The summed E-state index contributed by atoms with van der Waals surface area (Å²) in [5, 5.41) is 6.39. The molecule has 1 fully saturated rings. The van der Waals surface area contributed by atoms with E-state index in [-0.39, 0.29) is 0 Å². The van der Waals surface area contributed by atoms with Gasteiger partial charge in [0.1, 0.15) is 0 Å². The molecule has 0 radical (unpaired) electrons. The normalized spacial score (nSPS) is 18.7. The van der Waals surface area contributed by atoms with Crippen LogP contribution in [0, 0.1) is 5.92 Å². The third kappa shape index (κ3) is 7.10. The van der Waals surface area contributed by atoms with Gasteiger partial charge in [-0.2, -0.15) is 0 Å². The lowest BCUT2D eigenvalue weighted by Gasteiger charge is -2.29. The van der Waals surface area contributed by atoms with Crippen molar-refractivity contribution in [2.75, 3.05) is 52.7 Å². The van der Waals surface area contributed by atoms with E-state index in [1.807, 2.05) is 6.92 Å². The third-order valence-corrected chi connectivity index (χ3v) is 4.80. The molecule has 0 bridgehead atoms. The summed E-state index contributed by atoms with van der Waals surface area (Å²) < 4.78 is 29.5. The molecule has 0 saturated carbocycles. The van der Waals surface area contributed by atoms with Crippen LogP contribution in [0.5, 0.6) is 0 Å². The first kappa shape index (κ1) is 18.2. The van der Waals surface area contributed by atoms with Crippen molar-refractivity contribution in [3.63, 3.8) is 0 Å². The van der Waals surface area contributed by atoms with Gasteiger partial charge in [0.2, 0.25) is 10.0 Å². The summed E-state index contributed by atoms with van der Waals surface area (Å²) in [4.78, 5) is 4.57. The Hall–Kier alpha value is -0.860. The minimum absolute atomic E-state index is 0.445. The Morgan fingerprint density at radius 1 is 1.33 bits per heavy atom. The Kier molecular flexibility index (Phi) is 7.98. The van der Waals surface area contributed by atoms with E-state index in [2.05, 4.69) is 15.6 Å². The molecule has 0 aromatic heterocycles. The number of piperidine rings is 1. The molecule has 0 aliphatic carbocycles. The molecule has 0 spiro atoms. The van der Waals surface area contributed by atoms with Gasteiger partial charge in [0.05, 0.1) is 12.9 Å². The van der Waals surface area contributed by atoms with Gasteiger partial charge in [0.15, 0.2) is 5.96 Å². The highest BCUT2D eigenvalue weighted by Crippen LogP contribution is 2.19. The van der Waals surface area contributed by atoms with E-state index in [1.54, 1.807) is 11.4 Å². The largest absolute Gasteiger partial charge is 0.383 e. The number of sulfonamides is 1. The van der Waals surface area contributed by atoms with Crippen molar-refractivity contribution >= 4 is 16.0 Å². The molecule has 21 heavy (non-hydrogen) atoms. The van der Waals surface area contributed by atoms with Crippen LogP contribution in [0.4, 0.5) is 0 Å². The minimum Gasteiger partial charge on any atom is -0.383 e. The topological polar surface area (TPSA) is 83.0 Å². The van der Waals surface area contributed by atoms with Crippen molar-refractivity contribution in [2.24, 2.45) is 10.9 Å². The standard InChI is InChI=1S/C13H28N4O3S/c1-4-14-13(15-7-10-20-2)16-11-12-5-8-17(9-6-12)21(3,18)19/h12H,4-11H2,1-3H3,(H2,14,15,16). The molecule has 8 heteroatoms. The first-order valence-electron chi connectivity index (χ1n) is 7.43. The van der Waals surface area contributed by atoms with Gasteiger partial charge in [-0.1, -0.05) is 0 Å². The average molecular weight is 320 g/mol. The maximum absolute atomic E-state index is 11.5. The Bertz CT molecular complexity index is 417. The predicted octanol–water partition coefficient (Wildman–Crippen LogP) is -0.140. The molecule has 1 aliphatic rings. The smallest absolute Gasteiger partial charge is 0.211 e. The van der Waals surface area contributed by atoms with Crippen molar-refractivity contribution in [3.8, 4) is 0 Å². The van der Waals surface area contributed by atoms with Crippen LogP contribution in [-0.2, 0) is 14.8 Å². The van der Waals surface area contributed by atoms with Crippen molar-refractivity contribution in [1.82, 2.24) is 14.9 Å². The van der Waals surface area contributed by atoms with Crippen molar-refractivity contribution in [2.45, 2.75) is 19.8 Å². The molecule has 0 aromatic rings. The number of nitrogens with zero attached hydrogens (tertiary/aromatic N) is 2. The molecule has 1 saturated heterocycles. The molecule has 0 atom stereocenters. The van der Waals surface area contributed by atoms with Crippen LogP contribution in [0.25, 0.3) is 0 Å². The summed E-state index contributed by atoms with van der Waals surface area (Å²) in [5.41, 5.74) is 0. The molecule has 0 unspecified atom stereocenters. The van der Waals surface area contributed by atoms with Gasteiger partial charge in [0, 0.05) is 39.8 Å². The maximum atomic E-state index is 11.5. The van der Waals surface area contributed by atoms with Gasteiger partial charge in [-0.25, -0.2) is 12.7 Å². The SMILES string of the molecule is CCNC(=NCC1CCN(S(C)(=O)=O)CC1)NCCOC. The predicted molar refractivity (Wildman–Crippen MR) is 85.0 cm³/mol. The molecule has 7 nitrogen and oxygen atoms in total. The molecule has 2 N–H and O–H groups in total. The van der Waals surface area contributed by atoms with Gasteiger partial charge in [0.25, 0.3) is 0 Å². The Labute approximate surface area is 128 Å². The molecule has 1 heterocycles. The fraction of sp³-hybridized carbons (Fsp3) is 0.923. The zero-order valence-corrected chi connectivity index (χ0v) is 14.1. The number of guanidine groups is 1. The number of ether oxygens (including phenoxy) is 1. The number of hydrogen-bond donors (Lipinski definition) is 2. The quantitative estimate of drug-likeness (QED) is 0.387. The van der Waals surface area contributed by atoms with Crippen LogP contribution in [-0.4, -0.2) is 71.4 Å². The van der Waals surface area contributed by atoms with Crippen LogP contribution < -0.4 is 10.6 Å². The van der Waals surface area contributed by atoms with E-state index in [9.17, 15) is 8.42 Å². The zero-order valence-electron chi connectivity index (χ0n) is 13.3. The van der Waals surface area contributed by atoms with E-state index in [1.165, 1.54) is 6.26 Å². The number of methoxy groups -OCH3 is 1. The second kappa shape index (κ2) is 9.22. The summed E-state index contributed by atoms with van der Waals surface area (Å²) in [6, 6.07) is 0. The van der Waals surface area contributed by atoms with Crippen LogP contribution in [0.3, 0.4) is 0 Å². The second-order valence-corrected chi connectivity index (χ2v) is 7.23. The van der Waals surface area contributed by atoms with E-state index in [0.717, 1.165) is 38.4 Å². The lowest BCUT2D eigenvalue weighted by atomic mass is 9.98. The molecule has 1 rings (SSSR count). The molecule has 0 amide bonds. The van der Waals surface area contributed by atoms with Gasteiger partial charge in [-0.3, -0.25) is 4.99 Å². The van der Waals surface area contributed by atoms with Gasteiger partial charge in [-0.05, 0) is 25.7 Å². The Morgan fingerprint density at radius 2 is 2.00 bits per heavy atom. The van der Waals surface area contributed by atoms with Gasteiger partial charge >= 0.3 is 0 Å². The summed E-state index contributed by atoms with van der Waals surface area (Å²) in [5.74, 6) is 1.24. The highest BCUT2D eigenvalue weighted by atomic mass is 32.2. The van der Waals surface area contributed by atoms with E-state index in [4.69, 9.17) is 4.74 Å². The van der Waals surface area contributed by atoms with Crippen LogP contribution in [0.1, 0.15) is 19.8 Å². The molecule has 1 aliphatic heterocycles. The van der Waals surface area contributed by atoms with Crippen LogP contribution in [0.2, 0.25) is 0 Å². The number of aliphatic imine (C=N–C) groups is 1. The minimum atomic E-state index is -3.05. The van der Waals surface area contributed by atoms with Crippen molar-refractivity contribution in [3.05, 3.63) is 0 Å². The number of nitrogens with one attached hydrogen (secondary N) is 2. The van der Waals surface area contributed by atoms with Crippen LogP contribution >= 0.6 is 0 Å². The van der Waals surface area contributed by atoms with Crippen molar-refractivity contribution < 1.29 is 13.2 Å². The number of hydrogen-bond acceptors (Lipinski definition) is 4. The van der Waals surface area contributed by atoms with E-state index >= 15 is 0 Å². The van der Waals surface area contributed by atoms with Gasteiger partial charge < -0.3 is 15.4 Å². The summed E-state index contributed by atoms with van der Waals surface area (Å²) >= 11 is 0. The molecular formula is C13H28N4O3S. The summed E-state index contributed by atoms with van der Waals surface area (Å²) in [7, 11) is -1.38. The fourth-order valence-corrected chi connectivity index (χ4v) is 3.13. The third-order valence-electron chi connectivity index (χ3n) is 3.49. The Balaban J connectivity index is 2.39. The lowest BCUT2D eigenvalue weighted by Crippen LogP contribution is -2.40. The zero-order chi connectivity index (χ0) is 15.7. The van der Waals surface area contributed by atoms with Crippen LogP contribution in [0.15, 0.2) is 4.99 Å². The maximum Gasteiger partial charge on any atom is 0.211 e. The highest BCUT2D eigenvalue weighted by Gasteiger charge is 2.24.